The Kier molecular flexibility index (Phi) is 3.06. The molecule has 2 aliphatic rings. The summed E-state index contributed by atoms with van der Waals surface area (Å²) in [6.07, 6.45) is 5.26. The third-order valence-electron chi connectivity index (χ3n) is 3.13. The maximum absolute atomic E-state index is 11.4. The maximum Gasteiger partial charge on any atom is 0.234 e. The van der Waals surface area contributed by atoms with Crippen molar-refractivity contribution in [1.29, 1.82) is 0 Å². The second-order valence-corrected chi connectivity index (χ2v) is 4.77. The lowest BCUT2D eigenvalue weighted by Crippen LogP contribution is -2.40. The lowest BCUT2D eigenvalue weighted by Gasteiger charge is -2.12. The molecular formula is C11H20N2O. The van der Waals surface area contributed by atoms with Crippen LogP contribution >= 0.6 is 0 Å². The smallest absolute Gasteiger partial charge is 0.234 e. The van der Waals surface area contributed by atoms with Crippen LogP contribution in [0.2, 0.25) is 0 Å². The summed E-state index contributed by atoms with van der Waals surface area (Å²) in [5, 5.41) is 6.23. The number of hydrogen-bond acceptors (Lipinski definition) is 2. The fourth-order valence-electron chi connectivity index (χ4n) is 1.73. The van der Waals surface area contributed by atoms with Crippen molar-refractivity contribution in [1.82, 2.24) is 10.6 Å². The van der Waals surface area contributed by atoms with Gasteiger partial charge in [-0.05, 0) is 51.0 Å². The summed E-state index contributed by atoms with van der Waals surface area (Å²) in [7, 11) is 0. The van der Waals surface area contributed by atoms with Crippen LogP contribution in [0.5, 0.6) is 0 Å². The lowest BCUT2D eigenvalue weighted by molar-refractivity contribution is -0.120. The normalized spacial score (nSPS) is 23.2. The Morgan fingerprint density at radius 2 is 2.07 bits per heavy atom. The average Bonchev–Trinajstić information content (AvgIpc) is 3.00. The van der Waals surface area contributed by atoms with E-state index in [1.54, 1.807) is 0 Å². The number of amides is 1. The van der Waals surface area contributed by atoms with Gasteiger partial charge in [0.1, 0.15) is 0 Å². The summed E-state index contributed by atoms with van der Waals surface area (Å²) in [5.41, 5.74) is 0. The number of carbonyl (C=O) groups is 1. The lowest BCUT2D eigenvalue weighted by atomic mass is 10.2. The van der Waals surface area contributed by atoms with Crippen molar-refractivity contribution in [2.75, 3.05) is 13.1 Å². The molecule has 1 amide bonds. The fraction of sp³-hybridized carbons (Fsp3) is 0.909. The summed E-state index contributed by atoms with van der Waals surface area (Å²) >= 11 is 0. The number of nitrogens with one attached hydrogen (secondary N) is 2. The van der Waals surface area contributed by atoms with Crippen LogP contribution in [-0.2, 0) is 4.79 Å². The molecule has 3 heteroatoms. The van der Waals surface area contributed by atoms with Crippen LogP contribution < -0.4 is 10.6 Å². The first kappa shape index (κ1) is 9.97. The topological polar surface area (TPSA) is 41.1 Å². The van der Waals surface area contributed by atoms with Gasteiger partial charge in [0.05, 0.1) is 6.54 Å². The largest absolute Gasteiger partial charge is 0.352 e. The quantitative estimate of drug-likeness (QED) is 0.662. The van der Waals surface area contributed by atoms with E-state index < -0.39 is 0 Å². The highest BCUT2D eigenvalue weighted by molar-refractivity contribution is 5.78. The van der Waals surface area contributed by atoms with Crippen LogP contribution in [-0.4, -0.2) is 25.0 Å². The summed E-state index contributed by atoms with van der Waals surface area (Å²) in [6, 6.07) is 0.380. The number of rotatable bonds is 6. The van der Waals surface area contributed by atoms with Crippen LogP contribution in [0.15, 0.2) is 0 Å². The molecule has 1 atom stereocenters. The fourth-order valence-corrected chi connectivity index (χ4v) is 1.73. The Labute approximate surface area is 85.6 Å². The van der Waals surface area contributed by atoms with Crippen LogP contribution in [0.4, 0.5) is 0 Å². The molecule has 14 heavy (non-hydrogen) atoms. The molecule has 80 valence electrons. The van der Waals surface area contributed by atoms with Crippen molar-refractivity contribution >= 4 is 5.91 Å². The van der Waals surface area contributed by atoms with E-state index >= 15 is 0 Å². The zero-order chi connectivity index (χ0) is 9.97. The van der Waals surface area contributed by atoms with Crippen LogP contribution in [0.3, 0.4) is 0 Å². The Morgan fingerprint density at radius 1 is 1.36 bits per heavy atom. The zero-order valence-corrected chi connectivity index (χ0v) is 8.88. The van der Waals surface area contributed by atoms with Gasteiger partial charge in [-0.2, -0.15) is 0 Å². The van der Waals surface area contributed by atoms with Crippen LogP contribution in [0.1, 0.15) is 32.6 Å². The van der Waals surface area contributed by atoms with E-state index in [2.05, 4.69) is 17.6 Å². The van der Waals surface area contributed by atoms with E-state index in [1.165, 1.54) is 25.7 Å². The van der Waals surface area contributed by atoms with Crippen LogP contribution in [0.25, 0.3) is 0 Å². The third kappa shape index (κ3) is 3.29. The van der Waals surface area contributed by atoms with Crippen molar-refractivity contribution in [3.8, 4) is 0 Å². The second-order valence-electron chi connectivity index (χ2n) is 4.77. The minimum Gasteiger partial charge on any atom is -0.352 e. The van der Waals surface area contributed by atoms with Gasteiger partial charge in [-0.1, -0.05) is 0 Å². The van der Waals surface area contributed by atoms with E-state index in [0.717, 1.165) is 18.4 Å². The molecule has 2 fully saturated rings. The zero-order valence-electron chi connectivity index (χ0n) is 8.88. The molecule has 1 unspecified atom stereocenters. The van der Waals surface area contributed by atoms with E-state index in [9.17, 15) is 4.79 Å². The minimum atomic E-state index is 0.157. The van der Waals surface area contributed by atoms with Gasteiger partial charge >= 0.3 is 0 Å². The summed E-state index contributed by atoms with van der Waals surface area (Å²) in [4.78, 5) is 11.4. The van der Waals surface area contributed by atoms with E-state index in [0.29, 0.717) is 12.6 Å². The predicted molar refractivity (Wildman–Crippen MR) is 55.9 cm³/mol. The Hall–Kier alpha value is -0.570. The molecule has 0 aromatic carbocycles. The predicted octanol–water partition coefficient (Wildman–Crippen LogP) is 0.901. The molecular weight excluding hydrogens is 176 g/mol. The highest BCUT2D eigenvalue weighted by Gasteiger charge is 2.28. The molecule has 0 aromatic heterocycles. The highest BCUT2D eigenvalue weighted by Crippen LogP contribution is 2.32. The SMILES string of the molecule is CC(NC(=O)CNCC1CC1)C1CC1. The van der Waals surface area contributed by atoms with Crippen molar-refractivity contribution in [2.45, 2.75) is 38.6 Å². The van der Waals surface area contributed by atoms with Gasteiger partial charge in [-0.25, -0.2) is 0 Å². The molecule has 2 N–H and O–H groups in total. The standard InChI is InChI=1S/C11H20N2O/c1-8(10-4-5-10)13-11(14)7-12-6-9-2-3-9/h8-10,12H,2-7H2,1H3,(H,13,14). The van der Waals surface area contributed by atoms with E-state index in [-0.39, 0.29) is 5.91 Å². The molecule has 3 nitrogen and oxygen atoms in total. The molecule has 0 spiro atoms. The molecule has 0 saturated heterocycles. The van der Waals surface area contributed by atoms with Gasteiger partial charge in [0.25, 0.3) is 0 Å². The van der Waals surface area contributed by atoms with Crippen molar-refractivity contribution in [2.24, 2.45) is 11.8 Å². The maximum atomic E-state index is 11.4. The van der Waals surface area contributed by atoms with Gasteiger partial charge in [0.15, 0.2) is 0 Å². The molecule has 2 aliphatic carbocycles. The molecule has 0 radical (unpaired) electrons. The minimum absolute atomic E-state index is 0.157. The van der Waals surface area contributed by atoms with Gasteiger partial charge < -0.3 is 10.6 Å². The van der Waals surface area contributed by atoms with Gasteiger partial charge in [-0.3, -0.25) is 4.79 Å². The molecule has 2 rings (SSSR count). The second kappa shape index (κ2) is 4.30. The average molecular weight is 196 g/mol. The molecule has 0 heterocycles. The van der Waals surface area contributed by atoms with Crippen LogP contribution in [0, 0.1) is 11.8 Å². The van der Waals surface area contributed by atoms with Gasteiger partial charge in [0.2, 0.25) is 5.91 Å². The summed E-state index contributed by atoms with van der Waals surface area (Å²) < 4.78 is 0. The molecule has 0 bridgehead atoms. The van der Waals surface area contributed by atoms with Crippen molar-refractivity contribution < 1.29 is 4.79 Å². The first-order chi connectivity index (χ1) is 6.75. The molecule has 2 saturated carbocycles. The van der Waals surface area contributed by atoms with Crippen molar-refractivity contribution in [3.63, 3.8) is 0 Å². The first-order valence-corrected chi connectivity index (χ1v) is 5.76. The van der Waals surface area contributed by atoms with Crippen molar-refractivity contribution in [3.05, 3.63) is 0 Å². The van der Waals surface area contributed by atoms with Gasteiger partial charge in [-0.15, -0.1) is 0 Å². The highest BCUT2D eigenvalue weighted by atomic mass is 16.1. The Bertz CT molecular complexity index is 209. The summed E-state index contributed by atoms with van der Waals surface area (Å²) in [6.45, 7) is 3.62. The molecule has 0 aliphatic heterocycles. The first-order valence-electron chi connectivity index (χ1n) is 5.76. The monoisotopic (exact) mass is 196 g/mol. The van der Waals surface area contributed by atoms with E-state index in [4.69, 9.17) is 0 Å². The van der Waals surface area contributed by atoms with E-state index in [1.807, 2.05) is 0 Å². The Morgan fingerprint density at radius 3 is 2.64 bits per heavy atom. The third-order valence-corrected chi connectivity index (χ3v) is 3.13. The van der Waals surface area contributed by atoms with Gasteiger partial charge in [0, 0.05) is 6.04 Å². The number of carbonyl (C=O) groups excluding carboxylic acids is 1. The number of hydrogen-bond donors (Lipinski definition) is 2. The molecule has 0 aromatic rings. The summed E-state index contributed by atoms with van der Waals surface area (Å²) in [5.74, 6) is 1.76. The Balaban J connectivity index is 1.52.